The molecule has 0 fully saturated rings. The lowest BCUT2D eigenvalue weighted by Crippen LogP contribution is -1.87. The predicted molar refractivity (Wildman–Crippen MR) is 191 cm³/mol. The summed E-state index contributed by atoms with van der Waals surface area (Å²) in [6, 6.07) is 0. The van der Waals surface area contributed by atoms with Crippen LogP contribution in [0.1, 0.15) is 208 Å². The van der Waals surface area contributed by atoms with E-state index in [1.165, 1.54) is 192 Å². The molecule has 0 saturated heterocycles. The van der Waals surface area contributed by atoms with Crippen molar-refractivity contribution in [3.8, 4) is 0 Å². The minimum Gasteiger partial charge on any atom is -0.307 e. The molecule has 0 unspecified atom stereocenters. The van der Waals surface area contributed by atoms with Gasteiger partial charge in [0.15, 0.2) is 5.12 Å². The standard InChI is InChI=1S/C18H36OS.C16H34S.CH2O.CH4/c1-3-4-5-6-7-8-9-10-11-12-13-14-15-16-17-20-18(2)19;1-2-3-4-5-6-7-8-9-10-11-12-13-14-15-16-17;1-2;/h3-17H2,1-2H3;17H,2-16H2,1H3;1H2;1H4. The van der Waals surface area contributed by atoms with E-state index in [2.05, 4.69) is 26.5 Å². The quantitative estimate of drug-likeness (QED) is 0.0681. The zero-order valence-electron chi connectivity index (χ0n) is 27.1. The summed E-state index contributed by atoms with van der Waals surface area (Å²) in [5.41, 5.74) is 0. The van der Waals surface area contributed by atoms with Gasteiger partial charge in [0.2, 0.25) is 0 Å². The zero-order chi connectivity index (χ0) is 29.5. The molecule has 0 aliphatic heterocycles. The Kier molecular flexibility index (Phi) is 57.3. The number of carbonyl (C=O) groups excluding carboxylic acids is 2. The Balaban J connectivity index is -0.000000301. The van der Waals surface area contributed by atoms with Crippen molar-refractivity contribution < 1.29 is 9.59 Å². The third-order valence-electron chi connectivity index (χ3n) is 7.31. The van der Waals surface area contributed by atoms with Gasteiger partial charge in [-0.25, -0.2) is 0 Å². The number of rotatable bonds is 29. The van der Waals surface area contributed by atoms with Crippen LogP contribution in [0.4, 0.5) is 0 Å². The minimum atomic E-state index is 0. The van der Waals surface area contributed by atoms with Crippen LogP contribution in [0.5, 0.6) is 0 Å². The first-order chi connectivity index (χ1) is 19.2. The molecule has 4 heteroatoms. The minimum absolute atomic E-state index is 0. The van der Waals surface area contributed by atoms with E-state index in [9.17, 15) is 4.79 Å². The van der Waals surface area contributed by atoms with Gasteiger partial charge in [-0.15, -0.1) is 0 Å². The second-order valence-electron chi connectivity index (χ2n) is 11.3. The topological polar surface area (TPSA) is 34.1 Å². The molecule has 0 saturated carbocycles. The van der Waals surface area contributed by atoms with Crippen LogP contribution in [0.2, 0.25) is 0 Å². The van der Waals surface area contributed by atoms with Gasteiger partial charge in [0.05, 0.1) is 0 Å². The van der Waals surface area contributed by atoms with Crippen molar-refractivity contribution in [1.29, 1.82) is 0 Å². The Hall–Kier alpha value is 0.0400. The summed E-state index contributed by atoms with van der Waals surface area (Å²) >= 11 is 5.71. The molecule has 0 aromatic rings. The molecule has 0 N–H and O–H groups in total. The third-order valence-corrected chi connectivity index (χ3v) is 8.53. The van der Waals surface area contributed by atoms with Crippen molar-refractivity contribution in [3.05, 3.63) is 0 Å². The molecule has 0 aliphatic rings. The summed E-state index contributed by atoms with van der Waals surface area (Å²) in [4.78, 5) is 18.7. The van der Waals surface area contributed by atoms with Crippen molar-refractivity contribution in [2.24, 2.45) is 0 Å². The van der Waals surface area contributed by atoms with Gasteiger partial charge in [-0.2, -0.15) is 12.6 Å². The maximum Gasteiger partial charge on any atom is 0.185 e. The number of hydrogen-bond donors (Lipinski definition) is 1. The van der Waals surface area contributed by atoms with Crippen molar-refractivity contribution in [2.75, 3.05) is 11.5 Å². The molecule has 0 atom stereocenters. The van der Waals surface area contributed by atoms with Crippen LogP contribution in [-0.4, -0.2) is 23.4 Å². The highest BCUT2D eigenvalue weighted by Crippen LogP contribution is 2.15. The molecule has 2 nitrogen and oxygen atoms in total. The summed E-state index contributed by atoms with van der Waals surface area (Å²) in [6.07, 6.45) is 39.7. The lowest BCUT2D eigenvalue weighted by Gasteiger charge is -2.03. The lowest BCUT2D eigenvalue weighted by atomic mass is 10.0. The predicted octanol–water partition coefficient (Wildman–Crippen LogP) is 13.6. The van der Waals surface area contributed by atoms with Gasteiger partial charge >= 0.3 is 0 Å². The number of thioether (sulfide) groups is 1. The van der Waals surface area contributed by atoms with Gasteiger partial charge in [-0.05, 0) is 18.6 Å². The van der Waals surface area contributed by atoms with E-state index in [4.69, 9.17) is 4.79 Å². The van der Waals surface area contributed by atoms with Gasteiger partial charge in [0.1, 0.15) is 6.79 Å². The maximum atomic E-state index is 10.7. The number of thiol groups is 1. The molecule has 0 aliphatic carbocycles. The summed E-state index contributed by atoms with van der Waals surface area (Å²) in [6.45, 7) is 8.23. The van der Waals surface area contributed by atoms with E-state index < -0.39 is 0 Å². The molecule has 0 bridgehead atoms. The summed E-state index contributed by atoms with van der Waals surface area (Å²) in [5.74, 6) is 2.09. The molecule has 0 rings (SSSR count). The molecule has 0 radical (unpaired) electrons. The SMILES string of the molecule is C.C=O.CCCCCCCCCCCCCCCCS.CCCCCCCCCCCCCCCCSC(C)=O. The molecule has 40 heavy (non-hydrogen) atoms. The van der Waals surface area contributed by atoms with Gasteiger partial charge < -0.3 is 4.79 Å². The third kappa shape index (κ3) is 54.2. The largest absolute Gasteiger partial charge is 0.307 e. The van der Waals surface area contributed by atoms with E-state index in [0.29, 0.717) is 0 Å². The van der Waals surface area contributed by atoms with E-state index in [1.54, 1.807) is 6.92 Å². The Morgan fingerprint density at radius 3 is 0.925 bits per heavy atom. The normalized spacial score (nSPS) is 10.2. The van der Waals surface area contributed by atoms with Crippen molar-refractivity contribution >= 4 is 36.3 Å². The maximum absolute atomic E-state index is 10.7. The van der Waals surface area contributed by atoms with Gasteiger partial charge in [-0.1, -0.05) is 200 Å². The van der Waals surface area contributed by atoms with E-state index in [0.717, 1.165) is 11.5 Å². The molecule has 244 valence electrons. The Morgan fingerprint density at radius 2 is 0.700 bits per heavy atom. The second kappa shape index (κ2) is 48.8. The number of carbonyl (C=O) groups is 2. The Labute approximate surface area is 264 Å². The molecule has 0 amide bonds. The fourth-order valence-corrected chi connectivity index (χ4v) is 5.68. The molecule has 0 aromatic heterocycles. The fraction of sp³-hybridized carbons (Fsp3) is 0.944. The molecular formula is C36H76O2S2. The van der Waals surface area contributed by atoms with Crippen LogP contribution < -0.4 is 0 Å². The first-order valence-corrected chi connectivity index (χ1v) is 18.8. The molecule has 0 aromatic carbocycles. The van der Waals surface area contributed by atoms with Gasteiger partial charge in [0.25, 0.3) is 0 Å². The first kappa shape index (κ1) is 47.0. The summed E-state index contributed by atoms with van der Waals surface area (Å²) in [7, 11) is 0. The average molecular weight is 605 g/mol. The lowest BCUT2D eigenvalue weighted by molar-refractivity contribution is -0.109. The van der Waals surface area contributed by atoms with Crippen molar-refractivity contribution in [1.82, 2.24) is 0 Å². The number of unbranched alkanes of at least 4 members (excludes halogenated alkanes) is 26. The van der Waals surface area contributed by atoms with Crippen LogP contribution >= 0.6 is 24.4 Å². The van der Waals surface area contributed by atoms with Crippen LogP contribution in [0.3, 0.4) is 0 Å². The van der Waals surface area contributed by atoms with Crippen LogP contribution in [0.15, 0.2) is 0 Å². The fourth-order valence-electron chi connectivity index (χ4n) is 4.82. The molecule has 0 heterocycles. The zero-order valence-corrected chi connectivity index (χ0v) is 28.8. The Bertz CT molecular complexity index is 404. The van der Waals surface area contributed by atoms with E-state index >= 15 is 0 Å². The average Bonchev–Trinajstić information content (AvgIpc) is 2.95. The van der Waals surface area contributed by atoms with Crippen molar-refractivity contribution in [3.63, 3.8) is 0 Å². The van der Waals surface area contributed by atoms with Crippen LogP contribution in [0, 0.1) is 0 Å². The van der Waals surface area contributed by atoms with Gasteiger partial charge in [0, 0.05) is 12.7 Å². The van der Waals surface area contributed by atoms with E-state index in [1.807, 2.05) is 6.79 Å². The highest BCUT2D eigenvalue weighted by Gasteiger charge is 1.96. The van der Waals surface area contributed by atoms with Crippen molar-refractivity contribution in [2.45, 2.75) is 208 Å². The number of hydrogen-bond acceptors (Lipinski definition) is 4. The molecule has 0 spiro atoms. The monoisotopic (exact) mass is 605 g/mol. The van der Waals surface area contributed by atoms with Gasteiger partial charge in [-0.3, -0.25) is 4.79 Å². The second-order valence-corrected chi connectivity index (χ2v) is 13.0. The first-order valence-electron chi connectivity index (χ1n) is 17.2. The summed E-state index contributed by atoms with van der Waals surface area (Å²) in [5, 5.41) is 0.264. The van der Waals surface area contributed by atoms with E-state index in [-0.39, 0.29) is 12.5 Å². The van der Waals surface area contributed by atoms with Crippen LogP contribution in [-0.2, 0) is 9.59 Å². The smallest absolute Gasteiger partial charge is 0.185 e. The Morgan fingerprint density at radius 1 is 0.475 bits per heavy atom. The summed E-state index contributed by atoms with van der Waals surface area (Å²) < 4.78 is 0. The molecular weight excluding hydrogens is 529 g/mol. The highest BCUT2D eigenvalue weighted by atomic mass is 32.2. The van der Waals surface area contributed by atoms with Crippen LogP contribution in [0.25, 0.3) is 0 Å². The highest BCUT2D eigenvalue weighted by molar-refractivity contribution is 8.13.